The molecule has 0 radical (unpaired) electrons. The van der Waals surface area contributed by atoms with E-state index in [4.69, 9.17) is 30.9 Å². The van der Waals surface area contributed by atoms with E-state index in [9.17, 15) is 0 Å². The minimum Gasteiger partial charge on any atom is -0.309 e. The topological polar surface area (TPSA) is 0 Å². The van der Waals surface area contributed by atoms with E-state index in [0.29, 0.717) is 0 Å². The first-order chi connectivity index (χ1) is 2.83. The zero-order chi connectivity index (χ0) is 5.41. The van der Waals surface area contributed by atoms with Gasteiger partial charge in [-0.2, -0.15) is 0 Å². The van der Waals surface area contributed by atoms with Crippen molar-refractivity contribution in [2.24, 2.45) is 0 Å². The van der Waals surface area contributed by atoms with Gasteiger partial charge in [-0.1, -0.05) is 0 Å². The molecule has 32 valence electrons. The van der Waals surface area contributed by atoms with E-state index >= 15 is 0 Å². The summed E-state index contributed by atoms with van der Waals surface area (Å²) in [7, 11) is 9.81. The van der Waals surface area contributed by atoms with Crippen LogP contribution in [0.4, 0.5) is 0 Å². The predicted molar refractivity (Wildman–Crippen MR) is 34.9 cm³/mol. The molecule has 0 spiro atoms. The Kier molecular flexibility index (Phi) is 31.2. The summed E-state index contributed by atoms with van der Waals surface area (Å²) in [5.41, 5.74) is 0. The van der Waals surface area contributed by atoms with E-state index in [0.717, 1.165) is 0 Å². The molecule has 0 saturated heterocycles. The molecule has 0 fully saturated rings. The molecule has 0 unspecified atom stereocenters. The largest absolute Gasteiger partial charge is 0.618 e. The molecule has 6 heteroatoms. The Morgan fingerprint density at radius 1 is 1.17 bits per heavy atom. The second-order valence-corrected chi connectivity index (χ2v) is 6.48. The Balaban J connectivity index is 0. The van der Waals surface area contributed by atoms with E-state index in [1.165, 1.54) is 0 Å². The first kappa shape index (κ1) is 11.9. The molecule has 0 aromatic rings. The quantitative estimate of drug-likeness (QED) is 0.532. The van der Waals surface area contributed by atoms with E-state index in [1.54, 1.807) is 0 Å². The first-order valence-corrected chi connectivity index (χ1v) is 11.4. The zero-order valence-electron chi connectivity index (χ0n) is 2.93. The molecule has 0 amide bonds. The molecule has 0 atom stereocenters. The number of halogens is 4. The average Bonchev–Trinajstić information content (AvgIpc) is 1.39. The standard InChI is InChI=1S/Ca.4ClH.Mg/h;4*1H;/q+2;;;;;+2/p-4. The Bertz CT molecular complexity index is 9.51. The van der Waals surface area contributed by atoms with Gasteiger partial charge in [0.2, 0.25) is 0 Å². The van der Waals surface area contributed by atoms with E-state index < -0.39 is 49.0 Å². The van der Waals surface area contributed by atoms with E-state index in [-0.39, 0.29) is 0 Å². The molecule has 0 nitrogen and oxygen atoms in total. The van der Waals surface area contributed by atoms with Crippen LogP contribution in [0.2, 0.25) is 0 Å². The molecule has 0 saturated carbocycles. The zero-order valence-corrected chi connectivity index (χ0v) is 9.57. The van der Waals surface area contributed by atoms with Gasteiger partial charge >= 0.3 is 61.8 Å². The fraction of sp³-hybridized carbons (Fsp3) is 0. The number of hydrogen-bond acceptors (Lipinski definition) is 0. The van der Waals surface area contributed by atoms with Crippen molar-refractivity contribution < 1.29 is 0 Å². The SMILES string of the molecule is [Cl][Ca][Cl].[Cl][Mg][Cl]. The van der Waals surface area contributed by atoms with Crippen LogP contribution in [0, 0.1) is 0 Å². The van der Waals surface area contributed by atoms with Crippen LogP contribution < -0.4 is 0 Å². The maximum absolute atomic E-state index is 4.95. The van der Waals surface area contributed by atoms with Crippen LogP contribution >= 0.6 is 30.9 Å². The van der Waals surface area contributed by atoms with Gasteiger partial charge < -0.3 is 18.1 Å². The van der Waals surface area contributed by atoms with Gasteiger partial charge in [0.1, 0.15) is 0 Å². The van der Waals surface area contributed by atoms with Crippen molar-refractivity contribution in [2.75, 3.05) is 0 Å². The summed E-state index contributed by atoms with van der Waals surface area (Å²) in [4.78, 5) is 0. The minimum atomic E-state index is -0.931. The van der Waals surface area contributed by atoms with Crippen LogP contribution in [0.25, 0.3) is 0 Å². The molecule has 0 bridgehead atoms. The fourth-order valence-corrected chi connectivity index (χ4v) is 0. The molecule has 0 N–H and O–H groups in total. The number of hydrogen-bond donors (Lipinski definition) is 0. The molecular formula is CaCl4Mg. The number of rotatable bonds is 0. The smallest absolute Gasteiger partial charge is 0.309 e. The average molecular weight is 206 g/mol. The van der Waals surface area contributed by atoms with Crippen molar-refractivity contribution in [3.05, 3.63) is 0 Å². The third kappa shape index (κ3) is 27.1. The normalized spacial score (nSPS) is 3.33. The van der Waals surface area contributed by atoms with Gasteiger partial charge in [0, 0.05) is 0 Å². The Morgan fingerprint density at radius 3 is 1.17 bits per heavy atom. The van der Waals surface area contributed by atoms with Crippen molar-refractivity contribution in [3.63, 3.8) is 0 Å². The van der Waals surface area contributed by atoms with Crippen LogP contribution in [-0.4, -0.2) is 49.0 Å². The molecule has 0 aromatic heterocycles. The maximum Gasteiger partial charge on any atom is 0.618 e. The van der Waals surface area contributed by atoms with Crippen LogP contribution in [-0.2, 0) is 0 Å². The summed E-state index contributed by atoms with van der Waals surface area (Å²) in [6, 6.07) is 0. The van der Waals surface area contributed by atoms with Crippen molar-refractivity contribution in [1.82, 2.24) is 0 Å². The fourth-order valence-electron chi connectivity index (χ4n) is 0. The van der Waals surface area contributed by atoms with Gasteiger partial charge in [-0.25, -0.2) is 0 Å². The van der Waals surface area contributed by atoms with Gasteiger partial charge in [0.15, 0.2) is 0 Å². The molecular weight excluding hydrogens is 206 g/mol. The van der Waals surface area contributed by atoms with E-state index in [1.807, 2.05) is 0 Å². The first-order valence-electron chi connectivity index (χ1n) is 1.07. The van der Waals surface area contributed by atoms with E-state index in [2.05, 4.69) is 0 Å². The minimum absolute atomic E-state index is 0.639. The van der Waals surface area contributed by atoms with Crippen LogP contribution in [0.5, 0.6) is 0 Å². The molecule has 0 heterocycles. The molecule has 0 aromatic carbocycles. The van der Waals surface area contributed by atoms with Crippen molar-refractivity contribution in [3.8, 4) is 0 Å². The maximum atomic E-state index is 4.95. The second kappa shape index (κ2) is 15.7. The summed E-state index contributed by atoms with van der Waals surface area (Å²) in [5.74, 6) is 0. The van der Waals surface area contributed by atoms with Crippen molar-refractivity contribution in [1.29, 1.82) is 0 Å². The Hall–Kier alpha value is 3.19. The summed E-state index contributed by atoms with van der Waals surface area (Å²) < 4.78 is 0. The third-order valence-corrected chi connectivity index (χ3v) is 0. The third-order valence-electron chi connectivity index (χ3n) is 0. The van der Waals surface area contributed by atoms with Crippen LogP contribution in [0.1, 0.15) is 0 Å². The summed E-state index contributed by atoms with van der Waals surface area (Å²) in [6.07, 6.45) is 9.90. The van der Waals surface area contributed by atoms with Crippen LogP contribution in [0.3, 0.4) is 0 Å². The Labute approximate surface area is 77.9 Å². The van der Waals surface area contributed by atoms with Gasteiger partial charge in [-0.15, -0.1) is 0 Å². The Morgan fingerprint density at radius 2 is 1.17 bits per heavy atom. The van der Waals surface area contributed by atoms with Gasteiger partial charge in [-0.3, -0.25) is 0 Å². The van der Waals surface area contributed by atoms with Crippen molar-refractivity contribution >= 4 is 79.9 Å². The monoisotopic (exact) mass is 204 g/mol. The molecule has 0 rings (SSSR count). The predicted octanol–water partition coefficient (Wildman–Crippen LogP) is 2.00. The summed E-state index contributed by atoms with van der Waals surface area (Å²) in [6.45, 7) is 0. The molecule has 0 aliphatic rings. The summed E-state index contributed by atoms with van der Waals surface area (Å²) >= 11 is -1.57. The van der Waals surface area contributed by atoms with Gasteiger partial charge in [0.05, 0.1) is 0 Å². The van der Waals surface area contributed by atoms with Crippen LogP contribution in [0.15, 0.2) is 0 Å². The molecule has 0 aliphatic carbocycles. The molecule has 6 heavy (non-hydrogen) atoms. The second-order valence-electron chi connectivity index (χ2n) is 0.202. The summed E-state index contributed by atoms with van der Waals surface area (Å²) in [5, 5.41) is 0. The van der Waals surface area contributed by atoms with Gasteiger partial charge in [0.25, 0.3) is 0 Å². The molecule has 0 aliphatic heterocycles. The van der Waals surface area contributed by atoms with Crippen molar-refractivity contribution in [2.45, 2.75) is 0 Å². The van der Waals surface area contributed by atoms with Gasteiger partial charge in [-0.05, 0) is 0 Å².